The van der Waals surface area contributed by atoms with Crippen molar-refractivity contribution < 1.29 is 19.1 Å². The summed E-state index contributed by atoms with van der Waals surface area (Å²) in [5.74, 6) is -1.06. The van der Waals surface area contributed by atoms with E-state index in [2.05, 4.69) is 10.4 Å². The van der Waals surface area contributed by atoms with E-state index in [-0.39, 0.29) is 30.2 Å². The number of nitrogens with zero attached hydrogens (tertiary/aromatic N) is 3. The van der Waals surface area contributed by atoms with Gasteiger partial charge in [-0.25, -0.2) is 14.3 Å². The van der Waals surface area contributed by atoms with Crippen LogP contribution in [0, 0.1) is 11.3 Å². The largest absolute Gasteiger partial charge is 0.462 e. The molecule has 0 unspecified atom stereocenters. The molecule has 0 aliphatic rings. The Morgan fingerprint density at radius 3 is 2.54 bits per heavy atom. The number of benzene rings is 1. The van der Waals surface area contributed by atoms with E-state index >= 15 is 0 Å². The Balaban J connectivity index is 2.44. The molecule has 0 aliphatic heterocycles. The minimum atomic E-state index is -0.758. The summed E-state index contributed by atoms with van der Waals surface area (Å²) in [7, 11) is 0. The fourth-order valence-corrected chi connectivity index (χ4v) is 2.10. The van der Waals surface area contributed by atoms with Gasteiger partial charge in [0.15, 0.2) is 5.57 Å². The molecule has 0 bridgehead atoms. The van der Waals surface area contributed by atoms with Crippen molar-refractivity contribution >= 4 is 17.8 Å². The number of carbonyl (C=O) groups is 2. The van der Waals surface area contributed by atoms with Gasteiger partial charge in [-0.3, -0.25) is 0 Å². The Bertz CT molecular complexity index is 850. The maximum absolute atomic E-state index is 12.2. The SMILES string of the molecule is CCOC(=O)/C(C#N)=C/Nc1c(C(=O)OCC)cnn1-c1ccccc1. The van der Waals surface area contributed by atoms with Crippen molar-refractivity contribution in [3.05, 3.63) is 53.9 Å². The fraction of sp³-hybridized carbons (Fsp3) is 0.222. The lowest BCUT2D eigenvalue weighted by Crippen LogP contribution is -2.11. The number of hydrogen-bond donors (Lipinski definition) is 1. The Labute approximate surface area is 150 Å². The maximum atomic E-state index is 12.2. The monoisotopic (exact) mass is 354 g/mol. The third kappa shape index (κ3) is 4.27. The first-order valence-corrected chi connectivity index (χ1v) is 7.96. The van der Waals surface area contributed by atoms with Crippen LogP contribution in [0.5, 0.6) is 0 Å². The highest BCUT2D eigenvalue weighted by Crippen LogP contribution is 2.21. The number of para-hydroxylation sites is 1. The summed E-state index contributed by atoms with van der Waals surface area (Å²) in [5, 5.41) is 16.1. The van der Waals surface area contributed by atoms with Crippen molar-refractivity contribution in [2.75, 3.05) is 18.5 Å². The highest BCUT2D eigenvalue weighted by Gasteiger charge is 2.20. The molecule has 0 amide bonds. The summed E-state index contributed by atoms with van der Waals surface area (Å²) < 4.78 is 11.3. The van der Waals surface area contributed by atoms with Gasteiger partial charge < -0.3 is 14.8 Å². The van der Waals surface area contributed by atoms with E-state index in [1.807, 2.05) is 18.2 Å². The number of hydrogen-bond acceptors (Lipinski definition) is 7. The molecule has 1 aromatic heterocycles. The van der Waals surface area contributed by atoms with E-state index in [4.69, 9.17) is 14.7 Å². The van der Waals surface area contributed by atoms with Crippen LogP contribution in [0.2, 0.25) is 0 Å². The van der Waals surface area contributed by atoms with Crippen molar-refractivity contribution in [1.82, 2.24) is 9.78 Å². The number of anilines is 1. The van der Waals surface area contributed by atoms with Gasteiger partial charge in [0, 0.05) is 6.20 Å². The highest BCUT2D eigenvalue weighted by atomic mass is 16.5. The van der Waals surface area contributed by atoms with Crippen LogP contribution < -0.4 is 5.32 Å². The second kappa shape index (κ2) is 9.03. The molecular formula is C18H18N4O4. The molecule has 0 atom stereocenters. The van der Waals surface area contributed by atoms with Gasteiger partial charge in [0.2, 0.25) is 0 Å². The quantitative estimate of drug-likeness (QED) is 0.462. The molecule has 26 heavy (non-hydrogen) atoms. The molecule has 1 N–H and O–H groups in total. The molecule has 8 nitrogen and oxygen atoms in total. The van der Waals surface area contributed by atoms with Gasteiger partial charge in [-0.15, -0.1) is 0 Å². The lowest BCUT2D eigenvalue weighted by atomic mass is 10.3. The molecule has 134 valence electrons. The van der Waals surface area contributed by atoms with Crippen LogP contribution in [-0.2, 0) is 14.3 Å². The highest BCUT2D eigenvalue weighted by molar-refractivity contribution is 5.96. The van der Waals surface area contributed by atoms with E-state index in [1.165, 1.54) is 17.1 Å². The average Bonchev–Trinajstić information content (AvgIpc) is 3.07. The van der Waals surface area contributed by atoms with Gasteiger partial charge in [0.05, 0.1) is 25.1 Å². The van der Waals surface area contributed by atoms with Crippen molar-refractivity contribution in [3.63, 3.8) is 0 Å². The molecule has 8 heteroatoms. The third-order valence-electron chi connectivity index (χ3n) is 3.23. The van der Waals surface area contributed by atoms with Crippen molar-refractivity contribution in [2.45, 2.75) is 13.8 Å². The van der Waals surface area contributed by atoms with E-state index < -0.39 is 11.9 Å². The number of rotatable bonds is 7. The Kier molecular flexibility index (Phi) is 6.51. The number of esters is 2. The first-order valence-electron chi connectivity index (χ1n) is 7.96. The van der Waals surface area contributed by atoms with E-state index in [1.54, 1.807) is 32.0 Å². The summed E-state index contributed by atoms with van der Waals surface area (Å²) in [6, 6.07) is 10.8. The fourth-order valence-electron chi connectivity index (χ4n) is 2.10. The van der Waals surface area contributed by atoms with Gasteiger partial charge in [0.1, 0.15) is 17.5 Å². The molecule has 0 saturated carbocycles. The molecule has 2 aromatic rings. The van der Waals surface area contributed by atoms with Crippen molar-refractivity contribution in [3.8, 4) is 11.8 Å². The molecule has 0 radical (unpaired) electrons. The summed E-state index contributed by atoms with van der Waals surface area (Å²) >= 11 is 0. The predicted octanol–water partition coefficient (Wildman–Crippen LogP) is 2.43. The number of ether oxygens (including phenoxy) is 2. The minimum absolute atomic E-state index is 0.147. The van der Waals surface area contributed by atoms with Crippen LogP contribution in [0.25, 0.3) is 5.69 Å². The van der Waals surface area contributed by atoms with Crippen molar-refractivity contribution in [2.24, 2.45) is 0 Å². The molecule has 1 aromatic carbocycles. The van der Waals surface area contributed by atoms with E-state index in [0.29, 0.717) is 5.69 Å². The Morgan fingerprint density at radius 2 is 1.92 bits per heavy atom. The van der Waals surface area contributed by atoms with Crippen LogP contribution in [-0.4, -0.2) is 34.9 Å². The third-order valence-corrected chi connectivity index (χ3v) is 3.23. The topological polar surface area (TPSA) is 106 Å². The Hall–Kier alpha value is -3.60. The van der Waals surface area contributed by atoms with Gasteiger partial charge in [-0.1, -0.05) is 18.2 Å². The zero-order valence-electron chi connectivity index (χ0n) is 14.4. The summed E-state index contributed by atoms with van der Waals surface area (Å²) in [4.78, 5) is 23.9. The summed E-state index contributed by atoms with van der Waals surface area (Å²) in [5.41, 5.74) is 0.629. The number of aromatic nitrogens is 2. The van der Waals surface area contributed by atoms with Gasteiger partial charge >= 0.3 is 11.9 Å². The predicted molar refractivity (Wildman–Crippen MR) is 93.5 cm³/mol. The van der Waals surface area contributed by atoms with Gasteiger partial charge in [0.25, 0.3) is 0 Å². The minimum Gasteiger partial charge on any atom is -0.462 e. The molecule has 2 rings (SSSR count). The van der Waals surface area contributed by atoms with Crippen LogP contribution in [0.3, 0.4) is 0 Å². The van der Waals surface area contributed by atoms with Crippen LogP contribution in [0.1, 0.15) is 24.2 Å². The lowest BCUT2D eigenvalue weighted by molar-refractivity contribution is -0.138. The molecule has 0 saturated heterocycles. The second-order valence-electron chi connectivity index (χ2n) is 4.91. The first-order chi connectivity index (χ1) is 12.6. The molecular weight excluding hydrogens is 336 g/mol. The molecule has 0 aliphatic carbocycles. The average molecular weight is 354 g/mol. The molecule has 0 fully saturated rings. The zero-order valence-corrected chi connectivity index (χ0v) is 14.4. The van der Waals surface area contributed by atoms with Crippen molar-refractivity contribution in [1.29, 1.82) is 5.26 Å². The standard InChI is InChI=1S/C18H18N4O4/c1-3-25-17(23)13(10-19)11-20-16-15(18(24)26-4-2)12-21-22(16)14-8-6-5-7-9-14/h5-9,11-12,20H,3-4H2,1-2H3/b13-11+. The van der Waals surface area contributed by atoms with Crippen LogP contribution in [0.15, 0.2) is 48.3 Å². The van der Waals surface area contributed by atoms with Crippen LogP contribution >= 0.6 is 0 Å². The Morgan fingerprint density at radius 1 is 1.23 bits per heavy atom. The summed E-state index contributed by atoms with van der Waals surface area (Å²) in [6.45, 7) is 3.69. The summed E-state index contributed by atoms with van der Waals surface area (Å²) in [6.07, 6.45) is 2.54. The smallest absolute Gasteiger partial charge is 0.350 e. The van der Waals surface area contributed by atoms with Gasteiger partial charge in [-0.05, 0) is 26.0 Å². The van der Waals surface area contributed by atoms with E-state index in [9.17, 15) is 9.59 Å². The zero-order chi connectivity index (χ0) is 18.9. The van der Waals surface area contributed by atoms with E-state index in [0.717, 1.165) is 0 Å². The normalized spacial score (nSPS) is 10.7. The van der Waals surface area contributed by atoms with Crippen LogP contribution in [0.4, 0.5) is 5.82 Å². The lowest BCUT2D eigenvalue weighted by Gasteiger charge is -2.09. The number of nitrogens with one attached hydrogen (secondary N) is 1. The number of nitriles is 1. The first kappa shape index (κ1) is 18.7. The second-order valence-corrected chi connectivity index (χ2v) is 4.91. The number of carbonyl (C=O) groups excluding carboxylic acids is 2. The molecule has 0 spiro atoms. The van der Waals surface area contributed by atoms with Gasteiger partial charge in [-0.2, -0.15) is 10.4 Å². The molecule has 1 heterocycles. The maximum Gasteiger partial charge on any atom is 0.350 e.